The Morgan fingerprint density at radius 2 is 0.885 bits per heavy atom. The maximum Gasteiger partial charge on any atom is 0.136 e. The molecule has 0 aliphatic carbocycles. The fraction of sp³-hybridized carbons (Fsp3) is 1.00. The molecule has 0 saturated heterocycles. The largest absolute Gasteiger partial charge is 0.357 e. The van der Waals surface area contributed by atoms with Crippen LogP contribution in [0.25, 0.3) is 0 Å². The molecule has 158 valence electrons. The maximum absolute atomic E-state index is 5.75. The van der Waals surface area contributed by atoms with E-state index in [1.54, 1.807) is 0 Å². The second-order valence-electron chi connectivity index (χ2n) is 5.54. The van der Waals surface area contributed by atoms with Crippen LogP contribution in [0.5, 0.6) is 0 Å². The molecule has 26 heavy (non-hydrogen) atoms. The van der Waals surface area contributed by atoms with Gasteiger partial charge in [0.25, 0.3) is 0 Å². The van der Waals surface area contributed by atoms with E-state index in [-0.39, 0.29) is 11.8 Å². The van der Waals surface area contributed by atoms with Crippen molar-refractivity contribution in [2.45, 2.75) is 76.0 Å². The Morgan fingerprint density at radius 1 is 0.577 bits per heavy atom. The van der Waals surface area contributed by atoms with E-state index in [0.717, 1.165) is 26.4 Å². The highest BCUT2D eigenvalue weighted by atomic mass is 33.7. The molecule has 0 aromatic carbocycles. The van der Waals surface area contributed by atoms with Gasteiger partial charge in [-0.25, -0.2) is 0 Å². The zero-order valence-corrected chi connectivity index (χ0v) is 23.3. The Balaban J connectivity index is 4.16. The SMILES string of the molecule is CCOC(OCC)[SiH2]C(CC)SSSSC(CC)[SiH2]C(OCC)OCC. The lowest BCUT2D eigenvalue weighted by molar-refractivity contribution is -0.0831. The second kappa shape index (κ2) is 20.0. The van der Waals surface area contributed by atoms with Crippen LogP contribution in [0.1, 0.15) is 54.4 Å². The van der Waals surface area contributed by atoms with Crippen LogP contribution in [0.3, 0.4) is 0 Å². The average Bonchev–Trinajstić information content (AvgIpc) is 2.63. The van der Waals surface area contributed by atoms with Gasteiger partial charge in [-0.15, -0.1) is 0 Å². The summed E-state index contributed by atoms with van der Waals surface area (Å²) in [7, 11) is 7.01. The normalized spacial score (nSPS) is 15.2. The zero-order valence-electron chi connectivity index (χ0n) is 17.2. The maximum atomic E-state index is 5.75. The third kappa shape index (κ3) is 14.6. The van der Waals surface area contributed by atoms with Gasteiger partial charge < -0.3 is 18.9 Å². The van der Waals surface area contributed by atoms with Crippen LogP contribution in [-0.4, -0.2) is 67.0 Å². The van der Waals surface area contributed by atoms with E-state index in [1.807, 2.05) is 68.9 Å². The molecular formula is C16H38O4S4Si2. The Labute approximate surface area is 181 Å². The van der Waals surface area contributed by atoms with Crippen LogP contribution in [0.15, 0.2) is 0 Å². The van der Waals surface area contributed by atoms with Crippen LogP contribution < -0.4 is 0 Å². The van der Waals surface area contributed by atoms with Crippen LogP contribution >= 0.6 is 41.2 Å². The summed E-state index contributed by atoms with van der Waals surface area (Å²) in [4.78, 5) is 1.38. The third-order valence-electron chi connectivity index (χ3n) is 3.61. The quantitative estimate of drug-likeness (QED) is 0.118. The minimum atomic E-state index is -0.423. The highest BCUT2D eigenvalue weighted by molar-refractivity contribution is 9.26. The summed E-state index contributed by atoms with van der Waals surface area (Å²) in [5.74, 6) is 0.129. The van der Waals surface area contributed by atoms with Crippen molar-refractivity contribution in [3.05, 3.63) is 0 Å². The molecule has 10 heteroatoms. The number of hydrogen-bond donors (Lipinski definition) is 0. The van der Waals surface area contributed by atoms with Crippen molar-refractivity contribution in [1.82, 2.24) is 0 Å². The smallest absolute Gasteiger partial charge is 0.136 e. The fourth-order valence-electron chi connectivity index (χ4n) is 2.23. The van der Waals surface area contributed by atoms with Gasteiger partial charge in [0, 0.05) is 36.2 Å². The minimum absolute atomic E-state index is 0.0645. The fourth-order valence-corrected chi connectivity index (χ4v) is 17.8. The summed E-state index contributed by atoms with van der Waals surface area (Å²) in [5, 5.41) is 0. The van der Waals surface area contributed by atoms with Crippen molar-refractivity contribution in [1.29, 1.82) is 0 Å². The van der Waals surface area contributed by atoms with Gasteiger partial charge in [0.15, 0.2) is 0 Å². The summed E-state index contributed by atoms with van der Waals surface area (Å²) in [6.45, 7) is 15.7. The van der Waals surface area contributed by atoms with Crippen LogP contribution in [0.4, 0.5) is 0 Å². The molecule has 0 spiro atoms. The molecular weight excluding hydrogens is 441 g/mol. The van der Waals surface area contributed by atoms with Crippen LogP contribution in [-0.2, 0) is 18.9 Å². The molecule has 0 aromatic heterocycles. The molecule has 0 fully saturated rings. The molecule has 0 aliphatic heterocycles. The Hall–Kier alpha value is 1.67. The monoisotopic (exact) mass is 478 g/mol. The molecule has 4 nitrogen and oxygen atoms in total. The summed E-state index contributed by atoms with van der Waals surface area (Å²) in [5.41, 5.74) is 0. The van der Waals surface area contributed by atoms with Crippen molar-refractivity contribution in [3.8, 4) is 0 Å². The van der Waals surface area contributed by atoms with Gasteiger partial charge in [-0.3, -0.25) is 0 Å². The van der Waals surface area contributed by atoms with E-state index in [2.05, 4.69) is 13.8 Å². The van der Waals surface area contributed by atoms with Crippen molar-refractivity contribution in [2.75, 3.05) is 26.4 Å². The molecule has 0 aromatic rings. The van der Waals surface area contributed by atoms with Gasteiger partial charge in [0.05, 0.1) is 0 Å². The summed E-state index contributed by atoms with van der Waals surface area (Å²) >= 11 is 0. The van der Waals surface area contributed by atoms with Gasteiger partial charge in [0.1, 0.15) is 30.9 Å². The second-order valence-corrected chi connectivity index (χ2v) is 17.4. The van der Waals surface area contributed by atoms with Crippen molar-refractivity contribution in [3.63, 3.8) is 0 Å². The van der Waals surface area contributed by atoms with E-state index >= 15 is 0 Å². The highest BCUT2D eigenvalue weighted by Gasteiger charge is 2.20. The first kappa shape index (κ1) is 27.7. The molecule has 2 atom stereocenters. The number of hydrogen-bond acceptors (Lipinski definition) is 8. The van der Waals surface area contributed by atoms with Gasteiger partial charge in [-0.2, -0.15) is 0 Å². The first-order valence-electron chi connectivity index (χ1n) is 9.76. The molecule has 0 radical (unpaired) electrons. The van der Waals surface area contributed by atoms with E-state index in [1.165, 1.54) is 12.8 Å². The van der Waals surface area contributed by atoms with E-state index in [9.17, 15) is 0 Å². The summed E-state index contributed by atoms with van der Waals surface area (Å²) < 4.78 is 23.0. The Bertz CT molecular complexity index is 269. The third-order valence-corrected chi connectivity index (χ3v) is 18.2. The number of ether oxygens (including phenoxy) is 4. The number of rotatable bonds is 19. The summed E-state index contributed by atoms with van der Waals surface area (Å²) in [6.07, 6.45) is 2.38. The molecule has 0 amide bonds. The van der Waals surface area contributed by atoms with E-state index < -0.39 is 19.0 Å². The zero-order chi connectivity index (χ0) is 19.6. The molecule has 0 saturated carbocycles. The van der Waals surface area contributed by atoms with Gasteiger partial charge >= 0.3 is 0 Å². The van der Waals surface area contributed by atoms with Crippen molar-refractivity contribution >= 4 is 60.3 Å². The molecule has 0 bridgehead atoms. The average molecular weight is 479 g/mol. The molecule has 2 unspecified atom stereocenters. The first-order valence-corrected chi connectivity index (χ1v) is 18.0. The lowest BCUT2D eigenvalue weighted by atomic mass is 10.6. The lowest BCUT2D eigenvalue weighted by Crippen LogP contribution is -2.31. The predicted molar refractivity (Wildman–Crippen MR) is 130 cm³/mol. The van der Waals surface area contributed by atoms with Crippen molar-refractivity contribution in [2.24, 2.45) is 0 Å². The highest BCUT2D eigenvalue weighted by Crippen LogP contribution is 2.47. The van der Waals surface area contributed by atoms with Gasteiger partial charge in [-0.05, 0) is 60.2 Å². The Morgan fingerprint density at radius 3 is 1.12 bits per heavy atom. The summed E-state index contributed by atoms with van der Waals surface area (Å²) in [6, 6.07) is 0. The molecule has 0 rings (SSSR count). The standard InChI is InChI=1S/C16H38O4S4Si2/c1-7-13(25-15(17-9-3)18-10-4)21-23-24-22-14(8-2)26-16(19-11-5)20-12-6/h13-16H,7-12,25-26H2,1-6H3. The first-order chi connectivity index (χ1) is 12.6. The van der Waals surface area contributed by atoms with Gasteiger partial charge in [-0.1, -0.05) is 35.4 Å². The van der Waals surface area contributed by atoms with Crippen LogP contribution in [0.2, 0.25) is 0 Å². The van der Waals surface area contributed by atoms with E-state index in [4.69, 9.17) is 18.9 Å². The molecule has 0 N–H and O–H groups in total. The molecule has 0 aliphatic rings. The minimum Gasteiger partial charge on any atom is -0.357 e. The predicted octanol–water partition coefficient (Wildman–Crippen LogP) is 4.19. The van der Waals surface area contributed by atoms with Gasteiger partial charge in [0.2, 0.25) is 0 Å². The Kier molecular flexibility index (Phi) is 21.3. The topological polar surface area (TPSA) is 36.9 Å². The van der Waals surface area contributed by atoms with E-state index in [0.29, 0.717) is 9.75 Å². The molecule has 0 heterocycles. The van der Waals surface area contributed by atoms with Crippen LogP contribution in [0, 0.1) is 0 Å². The van der Waals surface area contributed by atoms with Crippen molar-refractivity contribution < 1.29 is 18.9 Å². The lowest BCUT2D eigenvalue weighted by Gasteiger charge is -2.22.